The molecule has 22 heavy (non-hydrogen) atoms. The molecule has 120 valence electrons. The van der Waals surface area contributed by atoms with E-state index in [4.69, 9.17) is 5.11 Å². The van der Waals surface area contributed by atoms with Crippen molar-refractivity contribution in [2.45, 2.75) is 32.9 Å². The summed E-state index contributed by atoms with van der Waals surface area (Å²) in [7, 11) is 0. The Kier molecular flexibility index (Phi) is 5.90. The molecule has 0 fully saturated rings. The molecule has 1 N–H and O–H groups in total. The number of rotatable bonds is 7. The van der Waals surface area contributed by atoms with E-state index in [9.17, 15) is 8.78 Å². The number of aliphatic hydroxyl groups is 1. The normalized spacial score (nSPS) is 11.2. The Hall–Kier alpha value is -1.47. The van der Waals surface area contributed by atoms with Gasteiger partial charge in [0.1, 0.15) is 5.75 Å². The fourth-order valence-corrected chi connectivity index (χ4v) is 2.49. The van der Waals surface area contributed by atoms with Gasteiger partial charge in [0, 0.05) is 23.2 Å². The summed E-state index contributed by atoms with van der Waals surface area (Å²) in [6.07, 6.45) is 1.28. The maximum Gasteiger partial charge on any atom is 0.387 e. The quantitative estimate of drug-likeness (QED) is 0.800. The molecule has 0 bridgehead atoms. The van der Waals surface area contributed by atoms with E-state index < -0.39 is 6.61 Å². The number of aliphatic hydroxyl groups excluding tert-OH is 1. The summed E-state index contributed by atoms with van der Waals surface area (Å²) >= 11 is 3.26. The van der Waals surface area contributed by atoms with E-state index in [1.54, 1.807) is 16.8 Å². The Morgan fingerprint density at radius 2 is 2.14 bits per heavy atom. The summed E-state index contributed by atoms with van der Waals surface area (Å²) in [4.78, 5) is 0. The smallest absolute Gasteiger partial charge is 0.387 e. The molecule has 0 aliphatic rings. The maximum absolute atomic E-state index is 12.6. The predicted molar refractivity (Wildman–Crippen MR) is 83.1 cm³/mol. The molecule has 0 aliphatic carbocycles. The van der Waals surface area contributed by atoms with Crippen LogP contribution in [0.5, 0.6) is 5.75 Å². The van der Waals surface area contributed by atoms with Crippen molar-refractivity contribution in [3.8, 4) is 17.0 Å². The second kappa shape index (κ2) is 7.69. The van der Waals surface area contributed by atoms with E-state index in [1.165, 1.54) is 6.07 Å². The number of nitrogens with zero attached hydrogens (tertiary/aromatic N) is 2. The number of ether oxygens (including phenoxy) is 1. The minimum atomic E-state index is -2.90. The molecule has 0 aliphatic heterocycles. The lowest BCUT2D eigenvalue weighted by molar-refractivity contribution is -0.0495. The molecule has 2 aromatic rings. The molecule has 1 aromatic heterocycles. The minimum absolute atomic E-state index is 0.0431. The van der Waals surface area contributed by atoms with Crippen LogP contribution in [-0.2, 0) is 13.0 Å². The van der Waals surface area contributed by atoms with Gasteiger partial charge in [-0.2, -0.15) is 13.9 Å². The lowest BCUT2D eigenvalue weighted by Crippen LogP contribution is -2.07. The van der Waals surface area contributed by atoms with Crippen molar-refractivity contribution in [2.75, 3.05) is 6.61 Å². The van der Waals surface area contributed by atoms with Gasteiger partial charge in [-0.1, -0.05) is 22.9 Å². The van der Waals surface area contributed by atoms with Gasteiger partial charge in [0.15, 0.2) is 0 Å². The molecule has 0 atom stereocenters. The summed E-state index contributed by atoms with van der Waals surface area (Å²) in [6.45, 7) is -0.370. The zero-order chi connectivity index (χ0) is 16.1. The molecular weight excluding hydrogens is 358 g/mol. The van der Waals surface area contributed by atoms with Crippen LogP contribution in [0.2, 0.25) is 0 Å². The predicted octanol–water partition coefficient (Wildman–Crippen LogP) is 3.86. The number of hydrogen-bond donors (Lipinski definition) is 1. The number of aromatic nitrogens is 2. The van der Waals surface area contributed by atoms with E-state index in [0.29, 0.717) is 28.7 Å². The van der Waals surface area contributed by atoms with Crippen LogP contribution in [0, 0.1) is 0 Å². The van der Waals surface area contributed by atoms with Gasteiger partial charge in [-0.15, -0.1) is 0 Å². The molecule has 0 unspecified atom stereocenters. The van der Waals surface area contributed by atoms with Crippen molar-refractivity contribution in [3.63, 3.8) is 0 Å². The van der Waals surface area contributed by atoms with Crippen molar-refractivity contribution in [2.24, 2.45) is 0 Å². The molecule has 1 aromatic carbocycles. The van der Waals surface area contributed by atoms with E-state index >= 15 is 0 Å². The number of benzene rings is 1. The van der Waals surface area contributed by atoms with Gasteiger partial charge >= 0.3 is 6.61 Å². The van der Waals surface area contributed by atoms with E-state index in [2.05, 4.69) is 25.8 Å². The summed E-state index contributed by atoms with van der Waals surface area (Å²) < 4.78 is 32.3. The largest absolute Gasteiger partial charge is 0.434 e. The topological polar surface area (TPSA) is 47.3 Å². The van der Waals surface area contributed by atoms with Gasteiger partial charge in [0.05, 0.1) is 11.4 Å². The highest BCUT2D eigenvalue weighted by Crippen LogP contribution is 2.34. The summed E-state index contributed by atoms with van der Waals surface area (Å²) in [5, 5.41) is 13.4. The van der Waals surface area contributed by atoms with Crippen LogP contribution in [0.1, 0.15) is 19.0 Å². The van der Waals surface area contributed by atoms with Crippen molar-refractivity contribution in [3.05, 3.63) is 34.4 Å². The fraction of sp³-hybridized carbons (Fsp3) is 0.400. The standard InChI is InChI=1S/C15H17BrF2N2O2/c1-2-11-9-13(20(19-11)6-3-7-21)12-5-4-10(16)8-14(12)22-15(17)18/h4-5,8-9,15,21H,2-3,6-7H2,1H3. The lowest BCUT2D eigenvalue weighted by Gasteiger charge is -2.13. The van der Waals surface area contributed by atoms with Crippen molar-refractivity contribution < 1.29 is 18.6 Å². The van der Waals surface area contributed by atoms with Gasteiger partial charge in [-0.05, 0) is 37.1 Å². The van der Waals surface area contributed by atoms with Crippen LogP contribution in [-0.4, -0.2) is 28.1 Å². The first-order valence-corrected chi connectivity index (χ1v) is 7.76. The number of halogens is 3. The number of aryl methyl sites for hydroxylation is 2. The molecule has 4 nitrogen and oxygen atoms in total. The summed E-state index contributed by atoms with van der Waals surface area (Å²) in [6, 6.07) is 6.85. The van der Waals surface area contributed by atoms with Gasteiger partial charge in [0.2, 0.25) is 0 Å². The average Bonchev–Trinajstić information content (AvgIpc) is 2.87. The highest BCUT2D eigenvalue weighted by atomic mass is 79.9. The SMILES string of the molecule is CCc1cc(-c2ccc(Br)cc2OC(F)F)n(CCCO)n1. The number of alkyl halides is 2. The monoisotopic (exact) mass is 374 g/mol. The van der Waals surface area contributed by atoms with Gasteiger partial charge in [0.25, 0.3) is 0 Å². The zero-order valence-corrected chi connectivity index (χ0v) is 13.7. The summed E-state index contributed by atoms with van der Waals surface area (Å²) in [5.41, 5.74) is 2.11. The van der Waals surface area contributed by atoms with Crippen LogP contribution in [0.3, 0.4) is 0 Å². The molecule has 0 radical (unpaired) electrons. The third-order valence-electron chi connectivity index (χ3n) is 3.16. The highest BCUT2D eigenvalue weighted by molar-refractivity contribution is 9.10. The van der Waals surface area contributed by atoms with Crippen LogP contribution < -0.4 is 4.74 Å². The molecular formula is C15H17BrF2N2O2. The van der Waals surface area contributed by atoms with Crippen molar-refractivity contribution >= 4 is 15.9 Å². The second-order valence-electron chi connectivity index (χ2n) is 4.69. The first-order chi connectivity index (χ1) is 10.5. The van der Waals surface area contributed by atoms with Crippen LogP contribution in [0.4, 0.5) is 8.78 Å². The molecule has 0 spiro atoms. The molecule has 0 saturated carbocycles. The third-order valence-corrected chi connectivity index (χ3v) is 3.65. The minimum Gasteiger partial charge on any atom is -0.434 e. The highest BCUT2D eigenvalue weighted by Gasteiger charge is 2.16. The maximum atomic E-state index is 12.6. The molecule has 0 amide bonds. The Balaban J connectivity index is 2.47. The summed E-state index contributed by atoms with van der Waals surface area (Å²) in [5.74, 6) is 0.0946. The first kappa shape index (κ1) is 16.9. The van der Waals surface area contributed by atoms with E-state index in [-0.39, 0.29) is 12.4 Å². The Bertz CT molecular complexity index is 632. The second-order valence-corrected chi connectivity index (χ2v) is 5.61. The van der Waals surface area contributed by atoms with Crippen molar-refractivity contribution in [1.82, 2.24) is 9.78 Å². The zero-order valence-electron chi connectivity index (χ0n) is 12.1. The van der Waals surface area contributed by atoms with Crippen LogP contribution in [0.25, 0.3) is 11.3 Å². The van der Waals surface area contributed by atoms with Gasteiger partial charge < -0.3 is 9.84 Å². The molecule has 7 heteroatoms. The Morgan fingerprint density at radius 1 is 1.36 bits per heavy atom. The molecule has 2 rings (SSSR count). The lowest BCUT2D eigenvalue weighted by atomic mass is 10.1. The first-order valence-electron chi connectivity index (χ1n) is 6.97. The Labute approximate surface area is 135 Å². The molecule has 0 saturated heterocycles. The van der Waals surface area contributed by atoms with Crippen LogP contribution >= 0.6 is 15.9 Å². The average molecular weight is 375 g/mol. The fourth-order valence-electron chi connectivity index (χ4n) is 2.15. The third kappa shape index (κ3) is 4.04. The van der Waals surface area contributed by atoms with Gasteiger partial charge in [-0.3, -0.25) is 4.68 Å². The van der Waals surface area contributed by atoms with Crippen molar-refractivity contribution in [1.29, 1.82) is 0 Å². The van der Waals surface area contributed by atoms with E-state index in [1.807, 2.05) is 13.0 Å². The molecule has 1 heterocycles. The number of hydrogen-bond acceptors (Lipinski definition) is 3. The van der Waals surface area contributed by atoms with E-state index in [0.717, 1.165) is 12.1 Å². The van der Waals surface area contributed by atoms with Gasteiger partial charge in [-0.25, -0.2) is 0 Å². The van der Waals surface area contributed by atoms with Crippen LogP contribution in [0.15, 0.2) is 28.7 Å². The Morgan fingerprint density at radius 3 is 2.77 bits per heavy atom.